The van der Waals surface area contributed by atoms with Gasteiger partial charge in [-0.2, -0.15) is 0 Å². The summed E-state index contributed by atoms with van der Waals surface area (Å²) in [6.45, 7) is 8.28. The van der Waals surface area contributed by atoms with Gasteiger partial charge >= 0.3 is 0 Å². The number of rotatable bonds is 6. The van der Waals surface area contributed by atoms with Gasteiger partial charge in [-0.1, -0.05) is 145 Å². The predicted octanol–water partition coefficient (Wildman–Crippen LogP) is 16.8. The van der Waals surface area contributed by atoms with E-state index in [1.807, 2.05) is 134 Å². The van der Waals surface area contributed by atoms with Crippen LogP contribution in [0.15, 0.2) is 182 Å². The molecule has 8 aromatic carbocycles. The van der Waals surface area contributed by atoms with E-state index in [0.29, 0.717) is 39.3 Å². The Morgan fingerprint density at radius 3 is 1.80 bits per heavy atom. The Kier molecular flexibility index (Phi) is 8.06. The van der Waals surface area contributed by atoms with Gasteiger partial charge in [0.25, 0.3) is 0 Å². The molecule has 12 aromatic rings. The molecule has 0 saturated carbocycles. The van der Waals surface area contributed by atoms with Crippen molar-refractivity contribution >= 4 is 88.2 Å². The summed E-state index contributed by atoms with van der Waals surface area (Å²) in [5, 5.41) is 5.21. The van der Waals surface area contributed by atoms with Crippen molar-refractivity contribution in [2.75, 3.05) is 16.5 Å². The molecule has 0 bridgehead atoms. The number of benzene rings is 8. The maximum Gasteiger partial charge on any atom is 0.137 e. The Balaban J connectivity index is 1.00. The molecule has 0 amide bonds. The van der Waals surface area contributed by atoms with Crippen LogP contribution in [0.25, 0.3) is 82.4 Å². The molecular formula is C64H56N6O. The van der Waals surface area contributed by atoms with Crippen molar-refractivity contribution < 1.29 is 13.0 Å². The number of hydrogen-bond donors (Lipinski definition) is 0. The van der Waals surface area contributed by atoms with Gasteiger partial charge in [0.2, 0.25) is 0 Å². The number of anilines is 4. The number of fused-ring (bicyclic) bond motifs is 10. The highest BCUT2D eigenvalue weighted by Gasteiger charge is 2.35. The van der Waals surface area contributed by atoms with Crippen LogP contribution in [-0.2, 0) is 24.8 Å². The van der Waals surface area contributed by atoms with Crippen molar-refractivity contribution in [3.63, 3.8) is 0 Å². The van der Waals surface area contributed by atoms with Crippen LogP contribution < -0.4 is 14.5 Å². The minimum Gasteiger partial charge on any atom is -0.457 e. The topological polar surface area (TPSA) is 43.4 Å². The zero-order chi connectivity index (χ0) is 53.5. The molecule has 0 aliphatic carbocycles. The number of hydrogen-bond acceptors (Lipinski definition) is 4. The SMILES string of the molecule is [2H]C([2H])([2H])n1c2ccccc2c2c(-c3ccccc3)c3c4ccccc4n(C([2H])([2H])[2H])c3c(N3CN(c4cccc(Oc5ccc6c7cccc(C(C)(C)C)c7n(-c7cc(C(C)(C)C)ccn7)c6c5)c4)c4ccccc43)c21. The van der Waals surface area contributed by atoms with Crippen molar-refractivity contribution in [3.8, 4) is 28.4 Å². The second-order valence-corrected chi connectivity index (χ2v) is 20.9. The first-order valence-corrected chi connectivity index (χ1v) is 24.3. The molecule has 0 fully saturated rings. The summed E-state index contributed by atoms with van der Waals surface area (Å²) in [5.74, 6) is 2.11. The Morgan fingerprint density at radius 1 is 0.507 bits per heavy atom. The standard InChI is InChI=1S/C64H56N6O/c1-63(2,3)41-34-35-65-55(36-41)70-54-38-44(32-33-45(54)46-26-19-27-49(59(46)70)64(4,5)6)71-43-23-18-22-42(37-43)68-39-69(53-31-17-16-30-52(53)68)62-60-57(47-24-12-14-28-50(47)66(60)7)56(40-20-10-9-11-21-40)58-48-25-13-15-29-51(48)67(8)61(58)62/h9-38H,39H2,1-8H3/i7D3,8D3. The average Bonchev–Trinajstić information content (AvgIpc) is 4.33. The highest BCUT2D eigenvalue weighted by Crippen LogP contribution is 2.54. The van der Waals surface area contributed by atoms with Gasteiger partial charge in [0.1, 0.15) is 24.0 Å². The zero-order valence-electron chi connectivity index (χ0n) is 46.6. The van der Waals surface area contributed by atoms with Crippen LogP contribution in [0.2, 0.25) is 0 Å². The molecule has 0 saturated heterocycles. The molecular weight excluding hydrogens is 869 g/mol. The van der Waals surface area contributed by atoms with E-state index >= 15 is 0 Å². The number of nitrogens with zero attached hydrogens (tertiary/aromatic N) is 6. The summed E-state index contributed by atoms with van der Waals surface area (Å²) in [5.41, 5.74) is 10.7. The molecule has 13 rings (SSSR count). The van der Waals surface area contributed by atoms with E-state index in [1.54, 1.807) is 0 Å². The summed E-state index contributed by atoms with van der Waals surface area (Å²) in [7, 11) is 0. The third-order valence-corrected chi connectivity index (χ3v) is 14.6. The fraction of sp³-hybridized carbons (Fsp3) is 0.172. The maximum atomic E-state index is 9.25. The summed E-state index contributed by atoms with van der Waals surface area (Å²) in [6.07, 6.45) is 1.90. The van der Waals surface area contributed by atoms with Gasteiger partial charge in [0.15, 0.2) is 0 Å². The molecule has 0 unspecified atom stereocenters. The highest BCUT2D eigenvalue weighted by atomic mass is 16.5. The smallest absolute Gasteiger partial charge is 0.137 e. The minimum absolute atomic E-state index is 0.0869. The molecule has 1 aliphatic heterocycles. The molecule has 0 atom stereocenters. The lowest BCUT2D eigenvalue weighted by molar-refractivity contribution is 0.483. The van der Waals surface area contributed by atoms with Crippen LogP contribution >= 0.6 is 0 Å². The monoisotopic (exact) mass is 930 g/mol. The van der Waals surface area contributed by atoms with Crippen LogP contribution in [-0.4, -0.2) is 25.4 Å². The van der Waals surface area contributed by atoms with Crippen molar-refractivity contribution in [1.29, 1.82) is 0 Å². The first kappa shape index (κ1) is 36.7. The number of aryl methyl sites for hydroxylation is 2. The zero-order valence-corrected chi connectivity index (χ0v) is 40.6. The minimum atomic E-state index is -2.67. The first-order valence-electron chi connectivity index (χ1n) is 27.3. The molecule has 348 valence electrons. The molecule has 7 nitrogen and oxygen atoms in total. The highest BCUT2D eigenvalue weighted by molar-refractivity contribution is 6.33. The van der Waals surface area contributed by atoms with Crippen molar-refractivity contribution in [2.45, 2.75) is 52.4 Å². The molecule has 0 N–H and O–H groups in total. The number of ether oxygens (including phenoxy) is 1. The van der Waals surface area contributed by atoms with E-state index in [1.165, 1.54) is 20.3 Å². The van der Waals surface area contributed by atoms with Crippen molar-refractivity contribution in [3.05, 3.63) is 193 Å². The van der Waals surface area contributed by atoms with Gasteiger partial charge in [0, 0.05) is 95.1 Å². The molecule has 0 spiro atoms. The normalized spacial score (nSPS) is 14.8. The second kappa shape index (κ2) is 15.6. The van der Waals surface area contributed by atoms with Crippen LogP contribution in [0.1, 0.15) is 60.9 Å². The number of pyridine rings is 1. The largest absolute Gasteiger partial charge is 0.457 e. The van der Waals surface area contributed by atoms with Crippen LogP contribution in [0.3, 0.4) is 0 Å². The summed E-state index contributed by atoms with van der Waals surface area (Å²) >= 11 is 0. The quantitative estimate of drug-likeness (QED) is 0.167. The molecule has 4 aromatic heterocycles. The summed E-state index contributed by atoms with van der Waals surface area (Å²) < 4.78 is 67.5. The number of aromatic nitrogens is 4. The van der Waals surface area contributed by atoms with Gasteiger partial charge in [-0.15, -0.1) is 0 Å². The van der Waals surface area contributed by atoms with Crippen molar-refractivity contribution in [2.24, 2.45) is 14.0 Å². The Hall–Kier alpha value is -8.29. The molecule has 5 heterocycles. The van der Waals surface area contributed by atoms with Gasteiger partial charge < -0.3 is 23.7 Å². The Bertz CT molecular complexity index is 4250. The lowest BCUT2D eigenvalue weighted by Gasteiger charge is -2.26. The van der Waals surface area contributed by atoms with E-state index in [9.17, 15) is 8.22 Å². The second-order valence-electron chi connectivity index (χ2n) is 20.9. The number of para-hydroxylation sites is 5. The van der Waals surface area contributed by atoms with E-state index < -0.39 is 14.0 Å². The Labute approximate surface area is 422 Å². The van der Waals surface area contributed by atoms with E-state index in [-0.39, 0.29) is 17.5 Å². The van der Waals surface area contributed by atoms with Crippen molar-refractivity contribution in [1.82, 2.24) is 18.7 Å². The van der Waals surface area contributed by atoms with E-state index in [2.05, 4.69) is 104 Å². The van der Waals surface area contributed by atoms with Gasteiger partial charge in [-0.05, 0) is 88.2 Å². The molecule has 7 heteroatoms. The Morgan fingerprint density at radius 2 is 1.13 bits per heavy atom. The lowest BCUT2D eigenvalue weighted by atomic mass is 9.85. The fourth-order valence-corrected chi connectivity index (χ4v) is 11.3. The van der Waals surface area contributed by atoms with Crippen LogP contribution in [0.5, 0.6) is 11.5 Å². The fourth-order valence-electron chi connectivity index (χ4n) is 11.3. The molecule has 71 heavy (non-hydrogen) atoms. The molecule has 0 radical (unpaired) electrons. The summed E-state index contributed by atoms with van der Waals surface area (Å²) in [4.78, 5) is 9.28. The van der Waals surface area contributed by atoms with Gasteiger partial charge in [-0.3, -0.25) is 4.57 Å². The van der Waals surface area contributed by atoms with Crippen LogP contribution in [0.4, 0.5) is 22.7 Å². The summed E-state index contributed by atoms with van der Waals surface area (Å²) in [6, 6.07) is 58.3. The third-order valence-electron chi connectivity index (χ3n) is 14.6. The van der Waals surface area contributed by atoms with E-state index in [0.717, 1.165) is 77.4 Å². The predicted molar refractivity (Wildman–Crippen MR) is 298 cm³/mol. The molecule has 1 aliphatic rings. The average molecular weight is 931 g/mol. The van der Waals surface area contributed by atoms with Gasteiger partial charge in [-0.25, -0.2) is 4.98 Å². The van der Waals surface area contributed by atoms with Crippen LogP contribution in [0, 0.1) is 0 Å². The maximum absolute atomic E-state index is 9.25. The third kappa shape index (κ3) is 6.52. The lowest BCUT2D eigenvalue weighted by Crippen LogP contribution is -2.25. The van der Waals surface area contributed by atoms with E-state index in [4.69, 9.17) is 9.72 Å². The van der Waals surface area contributed by atoms with Gasteiger partial charge in [0.05, 0.1) is 39.1 Å². The first-order chi connectivity index (χ1) is 36.8.